The molecule has 118 valence electrons. The fourth-order valence-electron chi connectivity index (χ4n) is 2.16. The van der Waals surface area contributed by atoms with E-state index < -0.39 is 5.97 Å². The molecular weight excluding hydrogens is 280 g/mol. The fourth-order valence-corrected chi connectivity index (χ4v) is 2.16. The van der Waals surface area contributed by atoms with Crippen LogP contribution in [-0.2, 0) is 6.54 Å². The molecule has 0 saturated carbocycles. The van der Waals surface area contributed by atoms with E-state index in [0.29, 0.717) is 12.3 Å². The number of carboxylic acid groups (broad SMARTS) is 1. The van der Waals surface area contributed by atoms with Crippen molar-refractivity contribution < 1.29 is 14.3 Å². The smallest absolute Gasteiger partial charge is 0.335 e. The van der Waals surface area contributed by atoms with E-state index in [1.54, 1.807) is 18.2 Å². The summed E-state index contributed by atoms with van der Waals surface area (Å²) in [4.78, 5) is 11.0. The number of hydrogen-bond donors (Lipinski definition) is 3. The average molecular weight is 302 g/mol. The van der Waals surface area contributed by atoms with Crippen molar-refractivity contribution in [1.82, 2.24) is 10.6 Å². The maximum absolute atomic E-state index is 11.0. The summed E-state index contributed by atoms with van der Waals surface area (Å²) in [5, 5.41) is 15.6. The summed E-state index contributed by atoms with van der Waals surface area (Å²) < 4.78 is 5.76. The van der Waals surface area contributed by atoms with Gasteiger partial charge in [-0.05, 0) is 50.3 Å². The molecule has 0 aliphatic rings. The Morgan fingerprint density at radius 1 is 1.18 bits per heavy atom. The first-order valence-electron chi connectivity index (χ1n) is 7.54. The summed E-state index contributed by atoms with van der Waals surface area (Å²) in [6.07, 6.45) is 1.07. The van der Waals surface area contributed by atoms with Crippen molar-refractivity contribution in [2.24, 2.45) is 0 Å². The van der Waals surface area contributed by atoms with Gasteiger partial charge in [0.25, 0.3) is 0 Å². The van der Waals surface area contributed by atoms with Crippen LogP contribution in [0.15, 0.2) is 40.8 Å². The van der Waals surface area contributed by atoms with E-state index in [4.69, 9.17) is 9.52 Å². The lowest BCUT2D eigenvalue weighted by atomic mass is 10.1. The number of hydrogen-bond acceptors (Lipinski definition) is 4. The summed E-state index contributed by atoms with van der Waals surface area (Å²) in [5.74, 6) is 0.600. The van der Waals surface area contributed by atoms with Crippen molar-refractivity contribution in [3.63, 3.8) is 0 Å². The van der Waals surface area contributed by atoms with E-state index >= 15 is 0 Å². The van der Waals surface area contributed by atoms with Gasteiger partial charge in [-0.25, -0.2) is 4.79 Å². The Balaban J connectivity index is 1.88. The molecule has 1 heterocycles. The molecule has 3 N–H and O–H groups in total. The highest BCUT2D eigenvalue weighted by Crippen LogP contribution is 2.23. The van der Waals surface area contributed by atoms with Gasteiger partial charge in [-0.2, -0.15) is 0 Å². The topological polar surface area (TPSA) is 74.5 Å². The molecule has 1 aromatic heterocycles. The molecule has 0 aliphatic heterocycles. The van der Waals surface area contributed by atoms with E-state index in [9.17, 15) is 4.79 Å². The van der Waals surface area contributed by atoms with Crippen LogP contribution in [0.3, 0.4) is 0 Å². The largest absolute Gasteiger partial charge is 0.478 e. The standard InChI is InChI=1S/C17H22N2O3/c1-2-18-9-4-10-19-12-15-7-8-16(22-15)13-5-3-6-14(11-13)17(20)21/h3,5-8,11,18-19H,2,4,9-10,12H2,1H3,(H,20,21). The molecule has 0 fully saturated rings. The summed E-state index contributed by atoms with van der Waals surface area (Å²) in [6.45, 7) is 5.70. The maximum Gasteiger partial charge on any atom is 0.335 e. The maximum atomic E-state index is 11.0. The molecule has 0 radical (unpaired) electrons. The zero-order valence-electron chi connectivity index (χ0n) is 12.8. The van der Waals surface area contributed by atoms with Gasteiger partial charge in [0.2, 0.25) is 0 Å². The molecule has 0 amide bonds. The minimum absolute atomic E-state index is 0.261. The lowest BCUT2D eigenvalue weighted by molar-refractivity contribution is 0.0697. The Hall–Kier alpha value is -2.11. The van der Waals surface area contributed by atoms with Crippen LogP contribution in [-0.4, -0.2) is 30.7 Å². The van der Waals surface area contributed by atoms with Crippen LogP contribution in [0.25, 0.3) is 11.3 Å². The van der Waals surface area contributed by atoms with Crippen LogP contribution in [0, 0.1) is 0 Å². The van der Waals surface area contributed by atoms with Gasteiger partial charge < -0.3 is 20.2 Å². The Morgan fingerprint density at radius 3 is 2.77 bits per heavy atom. The highest BCUT2D eigenvalue weighted by atomic mass is 16.4. The second-order valence-corrected chi connectivity index (χ2v) is 5.04. The van der Waals surface area contributed by atoms with Gasteiger partial charge in [0, 0.05) is 5.56 Å². The first-order valence-corrected chi connectivity index (χ1v) is 7.54. The Bertz CT molecular complexity index is 607. The highest BCUT2D eigenvalue weighted by Gasteiger charge is 2.08. The number of nitrogens with one attached hydrogen (secondary N) is 2. The average Bonchev–Trinajstić information content (AvgIpc) is 3.00. The second-order valence-electron chi connectivity index (χ2n) is 5.04. The molecule has 5 nitrogen and oxygen atoms in total. The summed E-state index contributed by atoms with van der Waals surface area (Å²) in [5.41, 5.74) is 1.04. The van der Waals surface area contributed by atoms with Crippen molar-refractivity contribution in [3.8, 4) is 11.3 Å². The minimum Gasteiger partial charge on any atom is -0.478 e. The van der Waals surface area contributed by atoms with E-state index in [2.05, 4.69) is 17.6 Å². The van der Waals surface area contributed by atoms with Crippen molar-refractivity contribution in [2.45, 2.75) is 19.9 Å². The first-order chi connectivity index (χ1) is 10.7. The minimum atomic E-state index is -0.934. The molecule has 1 aromatic carbocycles. The van der Waals surface area contributed by atoms with E-state index in [-0.39, 0.29) is 5.56 Å². The third-order valence-electron chi connectivity index (χ3n) is 3.31. The number of furan rings is 1. The quantitative estimate of drug-likeness (QED) is 0.621. The van der Waals surface area contributed by atoms with Crippen LogP contribution >= 0.6 is 0 Å². The third-order valence-corrected chi connectivity index (χ3v) is 3.31. The monoisotopic (exact) mass is 302 g/mol. The van der Waals surface area contributed by atoms with Crippen molar-refractivity contribution in [3.05, 3.63) is 47.7 Å². The van der Waals surface area contributed by atoms with Crippen LogP contribution in [0.5, 0.6) is 0 Å². The van der Waals surface area contributed by atoms with Gasteiger partial charge >= 0.3 is 5.97 Å². The van der Waals surface area contributed by atoms with Gasteiger partial charge in [0.1, 0.15) is 11.5 Å². The molecule has 0 spiro atoms. The zero-order chi connectivity index (χ0) is 15.8. The molecule has 0 bridgehead atoms. The predicted octanol–water partition coefficient (Wildman–Crippen LogP) is 2.73. The van der Waals surface area contributed by atoms with Crippen LogP contribution in [0.2, 0.25) is 0 Å². The molecular formula is C17H22N2O3. The Labute approximate surface area is 130 Å². The molecule has 5 heteroatoms. The summed E-state index contributed by atoms with van der Waals surface area (Å²) >= 11 is 0. The van der Waals surface area contributed by atoms with Crippen molar-refractivity contribution >= 4 is 5.97 Å². The fraction of sp³-hybridized carbons (Fsp3) is 0.353. The molecule has 2 aromatic rings. The van der Waals surface area contributed by atoms with E-state index in [1.165, 1.54) is 0 Å². The van der Waals surface area contributed by atoms with Gasteiger partial charge in [-0.3, -0.25) is 0 Å². The molecule has 0 unspecified atom stereocenters. The molecule has 0 atom stereocenters. The van der Waals surface area contributed by atoms with Crippen molar-refractivity contribution in [1.29, 1.82) is 0 Å². The summed E-state index contributed by atoms with van der Waals surface area (Å²) in [7, 11) is 0. The molecule has 22 heavy (non-hydrogen) atoms. The number of carboxylic acids is 1. The van der Waals surface area contributed by atoms with Crippen LogP contribution in [0.1, 0.15) is 29.5 Å². The van der Waals surface area contributed by atoms with Gasteiger partial charge in [0.15, 0.2) is 0 Å². The normalized spacial score (nSPS) is 10.8. The summed E-state index contributed by atoms with van der Waals surface area (Å²) in [6, 6.07) is 10.5. The van der Waals surface area contributed by atoms with Gasteiger partial charge in [-0.1, -0.05) is 19.1 Å². The Morgan fingerprint density at radius 2 is 2.00 bits per heavy atom. The SMILES string of the molecule is CCNCCCNCc1ccc(-c2cccc(C(=O)O)c2)o1. The highest BCUT2D eigenvalue weighted by molar-refractivity contribution is 5.89. The number of carbonyl (C=O) groups is 1. The first kappa shape index (κ1) is 16.3. The van der Waals surface area contributed by atoms with Crippen molar-refractivity contribution in [2.75, 3.05) is 19.6 Å². The van der Waals surface area contributed by atoms with Gasteiger partial charge in [-0.15, -0.1) is 0 Å². The van der Waals surface area contributed by atoms with E-state index in [1.807, 2.05) is 18.2 Å². The number of aromatic carboxylic acids is 1. The molecule has 0 aliphatic carbocycles. The molecule has 0 saturated heterocycles. The van der Waals surface area contributed by atoms with E-state index in [0.717, 1.165) is 37.4 Å². The van der Waals surface area contributed by atoms with Crippen LogP contribution in [0.4, 0.5) is 0 Å². The number of rotatable bonds is 9. The van der Waals surface area contributed by atoms with Crippen LogP contribution < -0.4 is 10.6 Å². The second kappa shape index (κ2) is 8.36. The third kappa shape index (κ3) is 4.72. The molecule has 2 rings (SSSR count). The predicted molar refractivity (Wildman–Crippen MR) is 86.0 cm³/mol. The van der Waals surface area contributed by atoms with Gasteiger partial charge in [0.05, 0.1) is 12.1 Å². The zero-order valence-corrected chi connectivity index (χ0v) is 12.8. The Kier molecular flexibility index (Phi) is 6.18. The number of benzene rings is 1. The lowest BCUT2D eigenvalue weighted by Gasteiger charge is -2.03. The lowest BCUT2D eigenvalue weighted by Crippen LogP contribution is -2.21.